The highest BCUT2D eigenvalue weighted by atomic mass is 16.7. The Morgan fingerprint density at radius 2 is 1.93 bits per heavy atom. The molecule has 0 fully saturated rings. The molecule has 8 heteroatoms. The van der Waals surface area contributed by atoms with Crippen molar-refractivity contribution < 1.29 is 33.0 Å². The van der Waals surface area contributed by atoms with Crippen LogP contribution in [-0.2, 0) is 27.4 Å². The van der Waals surface area contributed by atoms with E-state index in [1.165, 1.54) is 0 Å². The Balaban J connectivity index is 1.35. The van der Waals surface area contributed by atoms with Crippen LogP contribution in [0.5, 0.6) is 11.5 Å². The lowest BCUT2D eigenvalue weighted by molar-refractivity contribution is -0.124. The molecule has 4 rings (SSSR count). The Labute approximate surface area is 172 Å². The summed E-state index contributed by atoms with van der Waals surface area (Å²) in [7, 11) is 0. The van der Waals surface area contributed by atoms with Crippen molar-refractivity contribution >= 4 is 22.8 Å². The molecule has 0 saturated carbocycles. The van der Waals surface area contributed by atoms with E-state index in [-0.39, 0.29) is 25.7 Å². The smallest absolute Gasteiger partial charge is 0.375 e. The molecule has 0 bridgehead atoms. The fourth-order valence-electron chi connectivity index (χ4n) is 3.11. The van der Waals surface area contributed by atoms with E-state index < -0.39 is 18.5 Å². The highest BCUT2D eigenvalue weighted by Crippen LogP contribution is 2.32. The minimum absolute atomic E-state index is 0.0493. The molecule has 1 amide bonds. The van der Waals surface area contributed by atoms with Gasteiger partial charge in [0.05, 0.1) is 6.61 Å². The highest BCUT2D eigenvalue weighted by Gasteiger charge is 2.22. The second-order valence-corrected chi connectivity index (χ2v) is 6.58. The van der Waals surface area contributed by atoms with Gasteiger partial charge >= 0.3 is 5.97 Å². The van der Waals surface area contributed by atoms with Crippen molar-refractivity contribution in [1.82, 2.24) is 5.32 Å². The van der Waals surface area contributed by atoms with E-state index in [1.807, 2.05) is 31.2 Å². The quantitative estimate of drug-likeness (QED) is 0.569. The third kappa shape index (κ3) is 4.23. The molecule has 1 aromatic heterocycles. The normalized spacial score (nSPS) is 12.2. The number of rotatable bonds is 8. The van der Waals surface area contributed by atoms with E-state index >= 15 is 0 Å². The number of nitrogens with one attached hydrogen (secondary N) is 1. The van der Waals surface area contributed by atoms with Crippen LogP contribution in [0, 0.1) is 0 Å². The predicted octanol–water partition coefficient (Wildman–Crippen LogP) is 3.17. The lowest BCUT2D eigenvalue weighted by Crippen LogP contribution is -2.28. The van der Waals surface area contributed by atoms with Crippen LogP contribution in [0.2, 0.25) is 0 Å². The number of carbonyl (C=O) groups is 2. The van der Waals surface area contributed by atoms with Crippen LogP contribution in [0.3, 0.4) is 0 Å². The van der Waals surface area contributed by atoms with E-state index in [0.29, 0.717) is 29.3 Å². The summed E-state index contributed by atoms with van der Waals surface area (Å²) in [6.07, 6.45) is 0. The van der Waals surface area contributed by atoms with Crippen LogP contribution < -0.4 is 14.8 Å². The van der Waals surface area contributed by atoms with Crippen molar-refractivity contribution in [3.8, 4) is 11.5 Å². The van der Waals surface area contributed by atoms with E-state index in [9.17, 15) is 9.59 Å². The molecule has 0 aliphatic carbocycles. The maximum atomic E-state index is 12.5. The number of fused-ring (bicyclic) bond motifs is 2. The molecule has 0 spiro atoms. The molecule has 0 atom stereocenters. The number of carbonyl (C=O) groups excluding carboxylic acids is 2. The van der Waals surface area contributed by atoms with Gasteiger partial charge in [-0.3, -0.25) is 4.79 Å². The summed E-state index contributed by atoms with van der Waals surface area (Å²) >= 11 is 0. The molecular weight excluding hydrogens is 390 g/mol. The molecule has 3 aromatic rings. The molecule has 0 radical (unpaired) electrons. The number of amides is 1. The van der Waals surface area contributed by atoms with E-state index in [4.69, 9.17) is 23.4 Å². The molecule has 0 unspecified atom stereocenters. The Morgan fingerprint density at radius 3 is 2.80 bits per heavy atom. The minimum Gasteiger partial charge on any atom is -0.454 e. The number of para-hydroxylation sites is 1. The third-order valence-electron chi connectivity index (χ3n) is 4.60. The van der Waals surface area contributed by atoms with Crippen molar-refractivity contribution in [3.05, 3.63) is 59.4 Å². The van der Waals surface area contributed by atoms with Crippen molar-refractivity contribution in [2.24, 2.45) is 0 Å². The van der Waals surface area contributed by atoms with Gasteiger partial charge < -0.3 is 28.7 Å². The Kier molecular flexibility index (Phi) is 5.85. The second-order valence-electron chi connectivity index (χ2n) is 6.58. The SMILES string of the molecule is CCOCc1c(C(=O)OCC(=O)NCc2ccc3c(c2)OCO3)oc2ccccc12. The zero-order valence-electron chi connectivity index (χ0n) is 16.4. The number of furan rings is 1. The third-order valence-corrected chi connectivity index (χ3v) is 4.60. The van der Waals surface area contributed by atoms with Gasteiger partial charge in [0.1, 0.15) is 5.58 Å². The molecule has 30 heavy (non-hydrogen) atoms. The number of benzene rings is 2. The van der Waals surface area contributed by atoms with Crippen LogP contribution in [-0.4, -0.2) is 31.9 Å². The largest absolute Gasteiger partial charge is 0.454 e. The molecule has 1 aliphatic heterocycles. The summed E-state index contributed by atoms with van der Waals surface area (Å²) in [4.78, 5) is 24.6. The van der Waals surface area contributed by atoms with Gasteiger partial charge in [-0.15, -0.1) is 0 Å². The molecule has 0 saturated heterocycles. The second kappa shape index (κ2) is 8.87. The maximum absolute atomic E-state index is 12.5. The lowest BCUT2D eigenvalue weighted by atomic mass is 10.1. The van der Waals surface area contributed by atoms with Crippen LogP contribution in [0.1, 0.15) is 28.6 Å². The summed E-state index contributed by atoms with van der Waals surface area (Å²) in [6.45, 7) is 2.62. The standard InChI is InChI=1S/C22H21NO7/c1-2-26-11-16-15-5-3-4-6-17(15)30-21(16)22(25)27-12-20(24)23-10-14-7-8-18-19(9-14)29-13-28-18/h3-9H,2,10-13H2,1H3,(H,23,24). The average molecular weight is 411 g/mol. The molecule has 8 nitrogen and oxygen atoms in total. The first-order chi connectivity index (χ1) is 14.7. The zero-order valence-corrected chi connectivity index (χ0v) is 16.4. The van der Waals surface area contributed by atoms with E-state index in [1.54, 1.807) is 18.2 Å². The van der Waals surface area contributed by atoms with Crippen LogP contribution in [0.4, 0.5) is 0 Å². The first-order valence-corrected chi connectivity index (χ1v) is 9.56. The fourth-order valence-corrected chi connectivity index (χ4v) is 3.11. The minimum atomic E-state index is -0.709. The van der Waals surface area contributed by atoms with Crippen LogP contribution in [0.25, 0.3) is 11.0 Å². The van der Waals surface area contributed by atoms with E-state index in [0.717, 1.165) is 10.9 Å². The van der Waals surface area contributed by atoms with Gasteiger partial charge in [0.15, 0.2) is 18.1 Å². The van der Waals surface area contributed by atoms with Gasteiger partial charge in [-0.1, -0.05) is 24.3 Å². The van der Waals surface area contributed by atoms with Crippen molar-refractivity contribution in [2.75, 3.05) is 20.0 Å². The Hall–Kier alpha value is -3.52. The first-order valence-electron chi connectivity index (χ1n) is 9.56. The monoisotopic (exact) mass is 411 g/mol. The molecular formula is C22H21NO7. The van der Waals surface area contributed by atoms with Crippen LogP contribution >= 0.6 is 0 Å². The number of ether oxygens (including phenoxy) is 4. The Bertz CT molecular complexity index is 1070. The summed E-state index contributed by atoms with van der Waals surface area (Å²) < 4.78 is 26.8. The zero-order chi connectivity index (χ0) is 20.9. The lowest BCUT2D eigenvalue weighted by Gasteiger charge is -2.07. The summed E-state index contributed by atoms with van der Waals surface area (Å²) in [6, 6.07) is 12.7. The van der Waals surface area contributed by atoms with Gasteiger partial charge in [0, 0.05) is 24.1 Å². The molecule has 156 valence electrons. The van der Waals surface area contributed by atoms with Gasteiger partial charge in [-0.05, 0) is 30.7 Å². The maximum Gasteiger partial charge on any atom is 0.375 e. The summed E-state index contributed by atoms with van der Waals surface area (Å²) in [5.41, 5.74) is 2.01. The first kappa shape index (κ1) is 19.8. The number of hydrogen-bond donors (Lipinski definition) is 1. The van der Waals surface area contributed by atoms with Crippen molar-refractivity contribution in [3.63, 3.8) is 0 Å². The van der Waals surface area contributed by atoms with Crippen molar-refractivity contribution in [2.45, 2.75) is 20.1 Å². The molecule has 2 heterocycles. The molecule has 2 aromatic carbocycles. The highest BCUT2D eigenvalue weighted by molar-refractivity contribution is 5.96. The summed E-state index contributed by atoms with van der Waals surface area (Å²) in [5, 5.41) is 3.49. The average Bonchev–Trinajstić information content (AvgIpc) is 3.38. The number of esters is 1. The Morgan fingerprint density at radius 1 is 1.10 bits per heavy atom. The van der Waals surface area contributed by atoms with Gasteiger partial charge in [-0.2, -0.15) is 0 Å². The number of hydrogen-bond acceptors (Lipinski definition) is 7. The molecule has 1 N–H and O–H groups in total. The predicted molar refractivity (Wildman–Crippen MR) is 106 cm³/mol. The fraction of sp³-hybridized carbons (Fsp3) is 0.273. The van der Waals surface area contributed by atoms with Crippen LogP contribution in [0.15, 0.2) is 46.9 Å². The van der Waals surface area contributed by atoms with Gasteiger partial charge in [-0.25, -0.2) is 4.79 Å². The van der Waals surface area contributed by atoms with Gasteiger partial charge in [0.2, 0.25) is 12.6 Å². The summed E-state index contributed by atoms with van der Waals surface area (Å²) in [5.74, 6) is 0.225. The molecule has 1 aliphatic rings. The van der Waals surface area contributed by atoms with Crippen molar-refractivity contribution in [1.29, 1.82) is 0 Å². The van der Waals surface area contributed by atoms with Gasteiger partial charge in [0.25, 0.3) is 5.91 Å². The topological polar surface area (TPSA) is 96.2 Å². The van der Waals surface area contributed by atoms with E-state index in [2.05, 4.69) is 5.32 Å².